The molecule has 2 aromatic carbocycles. The highest BCUT2D eigenvalue weighted by Gasteiger charge is 2.23. The Labute approximate surface area is 167 Å². The van der Waals surface area contributed by atoms with E-state index in [1.807, 2.05) is 48.2 Å². The Bertz CT molecular complexity index is 1180. The van der Waals surface area contributed by atoms with Crippen LogP contribution in [-0.2, 0) is 13.0 Å². The first-order chi connectivity index (χ1) is 14.2. The van der Waals surface area contributed by atoms with E-state index in [0.29, 0.717) is 41.9 Å². The lowest BCUT2D eigenvalue weighted by atomic mass is 9.99. The second-order valence-electron chi connectivity index (χ2n) is 7.05. The Balaban J connectivity index is 1.35. The van der Waals surface area contributed by atoms with E-state index in [1.54, 1.807) is 6.20 Å². The number of amides is 1. The van der Waals surface area contributed by atoms with Crippen molar-refractivity contribution in [2.45, 2.75) is 19.9 Å². The number of benzene rings is 2. The van der Waals surface area contributed by atoms with Gasteiger partial charge in [0.1, 0.15) is 5.52 Å². The topological polar surface area (TPSA) is 84.1 Å². The summed E-state index contributed by atoms with van der Waals surface area (Å²) in [6, 6.07) is 16.1. The molecule has 1 aliphatic heterocycles. The summed E-state index contributed by atoms with van der Waals surface area (Å²) in [6.45, 7) is 3.11. The summed E-state index contributed by atoms with van der Waals surface area (Å²) < 4.78 is 5.64. The molecule has 0 fully saturated rings. The van der Waals surface area contributed by atoms with Crippen LogP contribution < -0.4 is 5.32 Å². The zero-order valence-electron chi connectivity index (χ0n) is 15.9. The summed E-state index contributed by atoms with van der Waals surface area (Å²) in [5.74, 6) is 0.292. The molecule has 0 aliphatic carbocycles. The molecule has 144 valence electrons. The van der Waals surface area contributed by atoms with Crippen molar-refractivity contribution in [3.05, 3.63) is 77.1 Å². The zero-order valence-corrected chi connectivity index (χ0v) is 15.9. The molecule has 0 unspecified atom stereocenters. The Kier molecular flexibility index (Phi) is 4.20. The Hall–Kier alpha value is -3.74. The fraction of sp³-hybridized carbons (Fsp3) is 0.182. The number of rotatable bonds is 3. The molecule has 29 heavy (non-hydrogen) atoms. The first kappa shape index (κ1) is 17.4. The van der Waals surface area contributed by atoms with E-state index < -0.39 is 0 Å². The molecule has 7 nitrogen and oxygen atoms in total. The molecule has 1 N–H and O–H groups in total. The smallest absolute Gasteiger partial charge is 0.302 e. The molecule has 0 saturated heterocycles. The van der Waals surface area contributed by atoms with Gasteiger partial charge in [0.25, 0.3) is 5.91 Å². The fourth-order valence-electron chi connectivity index (χ4n) is 3.60. The maximum absolute atomic E-state index is 13.0. The average molecular weight is 385 g/mol. The van der Waals surface area contributed by atoms with Gasteiger partial charge in [-0.15, -0.1) is 0 Å². The minimum absolute atomic E-state index is 0.0505. The molecule has 0 saturated carbocycles. The number of carbonyl (C=O) groups excluding carboxylic acids is 1. The van der Waals surface area contributed by atoms with Crippen LogP contribution in [0.3, 0.4) is 0 Å². The summed E-state index contributed by atoms with van der Waals surface area (Å²) in [5, 5.41) is 2.97. The van der Waals surface area contributed by atoms with Crippen LogP contribution in [0.1, 0.15) is 27.2 Å². The molecule has 0 radical (unpaired) electrons. The third-order valence-corrected chi connectivity index (χ3v) is 5.14. The van der Waals surface area contributed by atoms with Crippen LogP contribution in [0.15, 0.2) is 59.1 Å². The largest absolute Gasteiger partial charge is 0.423 e. The van der Waals surface area contributed by atoms with E-state index in [4.69, 9.17) is 4.42 Å². The molecule has 0 bridgehead atoms. The van der Waals surface area contributed by atoms with E-state index in [9.17, 15) is 4.79 Å². The number of hydrogen-bond donors (Lipinski definition) is 1. The van der Waals surface area contributed by atoms with Gasteiger partial charge in [-0.2, -0.15) is 4.98 Å². The first-order valence-electron chi connectivity index (χ1n) is 9.50. The fourth-order valence-corrected chi connectivity index (χ4v) is 3.60. The minimum Gasteiger partial charge on any atom is -0.423 e. The number of anilines is 2. The van der Waals surface area contributed by atoms with Crippen molar-refractivity contribution in [2.75, 3.05) is 11.9 Å². The highest BCUT2D eigenvalue weighted by Crippen LogP contribution is 2.23. The summed E-state index contributed by atoms with van der Waals surface area (Å²) in [4.78, 5) is 27.9. The molecule has 3 heterocycles. The molecular weight excluding hydrogens is 366 g/mol. The normalized spacial score (nSPS) is 13.3. The Morgan fingerprint density at radius 3 is 2.69 bits per heavy atom. The molecule has 2 aromatic heterocycles. The van der Waals surface area contributed by atoms with E-state index in [1.165, 1.54) is 11.1 Å². The summed E-state index contributed by atoms with van der Waals surface area (Å²) in [5.41, 5.74) is 5.06. The third-order valence-electron chi connectivity index (χ3n) is 5.14. The van der Waals surface area contributed by atoms with Gasteiger partial charge in [-0.25, -0.2) is 9.97 Å². The van der Waals surface area contributed by atoms with Crippen LogP contribution in [0.4, 0.5) is 12.0 Å². The van der Waals surface area contributed by atoms with E-state index in [0.717, 1.165) is 11.9 Å². The second-order valence-corrected chi connectivity index (χ2v) is 7.05. The predicted molar refractivity (Wildman–Crippen MR) is 109 cm³/mol. The first-order valence-corrected chi connectivity index (χ1v) is 9.50. The molecule has 1 aliphatic rings. The van der Waals surface area contributed by atoms with Gasteiger partial charge in [0.2, 0.25) is 5.95 Å². The number of carbonyl (C=O) groups is 1. The maximum Gasteiger partial charge on any atom is 0.302 e. The average Bonchev–Trinajstić information content (AvgIpc) is 3.15. The lowest BCUT2D eigenvalue weighted by molar-refractivity contribution is 0.0733. The van der Waals surface area contributed by atoms with Crippen LogP contribution in [0.2, 0.25) is 0 Å². The number of hydrogen-bond acceptors (Lipinski definition) is 6. The lowest BCUT2D eigenvalue weighted by Gasteiger charge is -2.29. The van der Waals surface area contributed by atoms with Crippen molar-refractivity contribution >= 4 is 29.0 Å². The van der Waals surface area contributed by atoms with Crippen LogP contribution in [-0.4, -0.2) is 32.3 Å². The summed E-state index contributed by atoms with van der Waals surface area (Å²) in [6.07, 6.45) is 2.43. The van der Waals surface area contributed by atoms with E-state index in [-0.39, 0.29) is 5.91 Å². The Morgan fingerprint density at radius 2 is 1.86 bits per heavy atom. The van der Waals surface area contributed by atoms with Crippen molar-refractivity contribution in [1.29, 1.82) is 0 Å². The zero-order chi connectivity index (χ0) is 19.8. The molecule has 5 rings (SSSR count). The van der Waals surface area contributed by atoms with Crippen LogP contribution in [0.5, 0.6) is 0 Å². The van der Waals surface area contributed by atoms with Gasteiger partial charge in [-0.3, -0.25) is 10.1 Å². The van der Waals surface area contributed by atoms with E-state index in [2.05, 4.69) is 32.4 Å². The van der Waals surface area contributed by atoms with Crippen molar-refractivity contribution < 1.29 is 9.21 Å². The van der Waals surface area contributed by atoms with Crippen LogP contribution >= 0.6 is 0 Å². The van der Waals surface area contributed by atoms with Crippen LogP contribution in [0, 0.1) is 6.92 Å². The number of para-hydroxylation sites is 2. The third kappa shape index (κ3) is 3.31. The number of fused-ring (bicyclic) bond motifs is 2. The molecule has 4 aromatic rings. The molecular formula is C22H19N5O2. The molecule has 1 amide bonds. The standard InChI is InChI=1S/C22H19N5O2/c1-14-17(20(28)27-11-10-15-6-2-3-7-16(15)13-27)12-23-21(24-14)26-22-25-18-8-4-5-9-19(18)29-22/h2-9,12H,10-11,13H2,1H3,(H,23,24,25,26). The number of nitrogens with one attached hydrogen (secondary N) is 1. The summed E-state index contributed by atoms with van der Waals surface area (Å²) >= 11 is 0. The Morgan fingerprint density at radius 1 is 1.07 bits per heavy atom. The van der Waals surface area contributed by atoms with Crippen LogP contribution in [0.25, 0.3) is 11.1 Å². The van der Waals surface area contributed by atoms with Crippen molar-refractivity contribution in [2.24, 2.45) is 0 Å². The monoisotopic (exact) mass is 385 g/mol. The molecule has 0 spiro atoms. The highest BCUT2D eigenvalue weighted by molar-refractivity contribution is 5.95. The number of aromatic nitrogens is 3. The summed E-state index contributed by atoms with van der Waals surface area (Å²) in [7, 11) is 0. The van der Waals surface area contributed by atoms with Gasteiger partial charge in [0.05, 0.1) is 11.3 Å². The number of aryl methyl sites for hydroxylation is 1. The van der Waals surface area contributed by atoms with E-state index >= 15 is 0 Å². The quantitative estimate of drug-likeness (QED) is 0.576. The van der Waals surface area contributed by atoms with Gasteiger partial charge in [-0.1, -0.05) is 36.4 Å². The van der Waals surface area contributed by atoms with Gasteiger partial charge >= 0.3 is 6.01 Å². The predicted octanol–water partition coefficient (Wildman–Crippen LogP) is 3.87. The minimum atomic E-state index is -0.0505. The second kappa shape index (κ2) is 7.01. The SMILES string of the molecule is Cc1nc(Nc2nc3ccccc3o2)ncc1C(=O)N1CCc2ccccc2C1. The van der Waals surface area contributed by atoms with Crippen molar-refractivity contribution in [3.63, 3.8) is 0 Å². The van der Waals surface area contributed by atoms with Gasteiger partial charge in [0, 0.05) is 19.3 Å². The lowest BCUT2D eigenvalue weighted by Crippen LogP contribution is -2.36. The van der Waals surface area contributed by atoms with Crippen molar-refractivity contribution in [3.8, 4) is 0 Å². The maximum atomic E-state index is 13.0. The van der Waals surface area contributed by atoms with Gasteiger partial charge < -0.3 is 9.32 Å². The van der Waals surface area contributed by atoms with Gasteiger partial charge in [-0.05, 0) is 36.6 Å². The number of nitrogens with zero attached hydrogens (tertiary/aromatic N) is 4. The molecule has 7 heteroatoms. The number of oxazole rings is 1. The van der Waals surface area contributed by atoms with Gasteiger partial charge in [0.15, 0.2) is 5.58 Å². The molecule has 0 atom stereocenters. The highest BCUT2D eigenvalue weighted by atomic mass is 16.4. The van der Waals surface area contributed by atoms with Crippen molar-refractivity contribution in [1.82, 2.24) is 19.9 Å².